The molecule has 0 spiro atoms. The standard InChI is InChI=1S/C3H4O4.Ca.2ClH/c4-2(5)1-3(6)7;;;/h1H2,(H,4,5)(H,6,7);;2*1H/q;+2;;/p-2. The molecule has 2 N–H and O–H groups in total. The molecular weight excluding hydrogens is 211 g/mol. The minimum absolute atomic E-state index is 0. The molecule has 0 amide bonds. The maximum Gasteiger partial charge on any atom is 2.00 e. The van der Waals surface area contributed by atoms with Gasteiger partial charge in [0, 0.05) is 0 Å². The molecule has 0 unspecified atom stereocenters. The molecule has 0 aromatic carbocycles. The Morgan fingerprint density at radius 2 is 1.20 bits per heavy atom. The van der Waals surface area contributed by atoms with E-state index >= 15 is 0 Å². The number of carboxylic acid groups (broad SMARTS) is 2. The van der Waals surface area contributed by atoms with Crippen molar-refractivity contribution in [2.45, 2.75) is 6.42 Å². The Labute approximate surface area is 99.8 Å². The Kier molecular flexibility index (Phi) is 27.9. The summed E-state index contributed by atoms with van der Waals surface area (Å²) in [5.74, 6) is -2.62. The second-order valence-electron chi connectivity index (χ2n) is 0.964. The number of hydrogen-bond acceptors (Lipinski definition) is 2. The molecule has 10 heavy (non-hydrogen) atoms. The molecule has 0 heterocycles. The molecule has 0 rings (SSSR count). The average Bonchev–Trinajstić information content (AvgIpc) is 1.27. The summed E-state index contributed by atoms with van der Waals surface area (Å²) >= 11 is 0. The second kappa shape index (κ2) is 12.5. The van der Waals surface area contributed by atoms with Crippen molar-refractivity contribution in [2.24, 2.45) is 0 Å². The van der Waals surface area contributed by atoms with Crippen LogP contribution < -0.4 is 24.8 Å². The van der Waals surface area contributed by atoms with Gasteiger partial charge in [0.2, 0.25) is 0 Å². The van der Waals surface area contributed by atoms with Crippen LogP contribution in [-0.2, 0) is 9.59 Å². The first-order valence-corrected chi connectivity index (χ1v) is 1.56. The smallest absolute Gasteiger partial charge is 1.00 e. The van der Waals surface area contributed by atoms with E-state index in [1.54, 1.807) is 0 Å². The molecule has 56 valence electrons. The van der Waals surface area contributed by atoms with Gasteiger partial charge in [0.15, 0.2) is 0 Å². The Hall–Kier alpha value is 0.780. The summed E-state index contributed by atoms with van der Waals surface area (Å²) in [4.78, 5) is 18.9. The second-order valence-corrected chi connectivity index (χ2v) is 0.964. The molecule has 0 saturated carbocycles. The third-order valence-electron chi connectivity index (χ3n) is 0.302. The fraction of sp³-hybridized carbons (Fsp3) is 0.333. The van der Waals surface area contributed by atoms with Crippen molar-refractivity contribution in [1.29, 1.82) is 0 Å². The zero-order valence-corrected chi connectivity index (χ0v) is 8.60. The topological polar surface area (TPSA) is 74.6 Å². The minimum atomic E-state index is -1.31. The van der Waals surface area contributed by atoms with Crippen LogP contribution in [0.15, 0.2) is 0 Å². The SMILES string of the molecule is O=C(O)CC(=O)O.[Ca+2].[Cl-].[Cl-]. The third kappa shape index (κ3) is 23.3. The zero-order chi connectivity index (χ0) is 5.86. The van der Waals surface area contributed by atoms with Gasteiger partial charge in [0.1, 0.15) is 6.42 Å². The fourth-order valence-corrected chi connectivity index (χ4v) is 0.129. The van der Waals surface area contributed by atoms with Gasteiger partial charge >= 0.3 is 49.7 Å². The molecule has 0 radical (unpaired) electrons. The Balaban J connectivity index is -0.0000000600. The summed E-state index contributed by atoms with van der Waals surface area (Å²) in [5.41, 5.74) is 0. The van der Waals surface area contributed by atoms with Crippen molar-refractivity contribution in [3.63, 3.8) is 0 Å². The van der Waals surface area contributed by atoms with Crippen molar-refractivity contribution in [2.75, 3.05) is 0 Å². The largest absolute Gasteiger partial charge is 2.00 e. The van der Waals surface area contributed by atoms with E-state index in [4.69, 9.17) is 10.2 Å². The van der Waals surface area contributed by atoms with Crippen molar-refractivity contribution < 1.29 is 44.6 Å². The van der Waals surface area contributed by atoms with Crippen LogP contribution in [0.25, 0.3) is 0 Å². The molecule has 0 aromatic rings. The summed E-state index contributed by atoms with van der Waals surface area (Å²) in [6.45, 7) is 0. The number of aliphatic carboxylic acids is 2. The Bertz CT molecular complexity index is 94.7. The molecule has 0 aromatic heterocycles. The Morgan fingerprint density at radius 1 is 1.00 bits per heavy atom. The predicted octanol–water partition coefficient (Wildman–Crippen LogP) is -6.83. The van der Waals surface area contributed by atoms with E-state index < -0.39 is 18.4 Å². The maximum atomic E-state index is 9.43. The fourth-order valence-electron chi connectivity index (χ4n) is 0.129. The molecule has 4 nitrogen and oxygen atoms in total. The van der Waals surface area contributed by atoms with Gasteiger partial charge < -0.3 is 35.0 Å². The first kappa shape index (κ1) is 22.4. The number of carbonyl (C=O) groups is 2. The van der Waals surface area contributed by atoms with Crippen molar-refractivity contribution in [1.82, 2.24) is 0 Å². The predicted molar refractivity (Wildman–Crippen MR) is 25.6 cm³/mol. The van der Waals surface area contributed by atoms with Crippen molar-refractivity contribution >= 4 is 49.7 Å². The van der Waals surface area contributed by atoms with E-state index in [1.807, 2.05) is 0 Å². The zero-order valence-electron chi connectivity index (χ0n) is 4.88. The van der Waals surface area contributed by atoms with E-state index in [-0.39, 0.29) is 62.6 Å². The van der Waals surface area contributed by atoms with Crippen LogP contribution in [0, 0.1) is 0 Å². The Morgan fingerprint density at radius 3 is 1.20 bits per heavy atom. The van der Waals surface area contributed by atoms with Crippen molar-refractivity contribution in [3.8, 4) is 0 Å². The molecule has 0 saturated heterocycles. The summed E-state index contributed by atoms with van der Waals surface area (Å²) in [7, 11) is 0. The van der Waals surface area contributed by atoms with Crippen molar-refractivity contribution in [3.05, 3.63) is 0 Å². The van der Waals surface area contributed by atoms with Gasteiger partial charge in [-0.2, -0.15) is 0 Å². The maximum absolute atomic E-state index is 9.43. The van der Waals surface area contributed by atoms with E-state index in [0.29, 0.717) is 0 Å². The first-order chi connectivity index (χ1) is 3.13. The summed E-state index contributed by atoms with van der Waals surface area (Å²) in [5, 5.41) is 15.4. The number of carboxylic acids is 2. The van der Waals surface area contributed by atoms with Gasteiger partial charge in [0.25, 0.3) is 0 Å². The first-order valence-electron chi connectivity index (χ1n) is 1.56. The van der Waals surface area contributed by atoms with Crippen LogP contribution in [0.4, 0.5) is 0 Å². The quantitative estimate of drug-likeness (QED) is 0.354. The van der Waals surface area contributed by atoms with Gasteiger partial charge in [-0.3, -0.25) is 9.59 Å². The third-order valence-corrected chi connectivity index (χ3v) is 0.302. The number of halogens is 2. The summed E-state index contributed by atoms with van der Waals surface area (Å²) in [6.07, 6.45) is -0.806. The number of rotatable bonds is 2. The summed E-state index contributed by atoms with van der Waals surface area (Å²) < 4.78 is 0. The summed E-state index contributed by atoms with van der Waals surface area (Å²) in [6, 6.07) is 0. The molecule has 0 aliphatic carbocycles. The molecular formula is C3H4CaCl2O4. The van der Waals surface area contributed by atoms with Gasteiger partial charge in [-0.25, -0.2) is 0 Å². The van der Waals surface area contributed by atoms with Gasteiger partial charge in [-0.15, -0.1) is 0 Å². The minimum Gasteiger partial charge on any atom is -1.00 e. The van der Waals surface area contributed by atoms with Gasteiger partial charge in [0.05, 0.1) is 0 Å². The molecule has 0 aliphatic heterocycles. The number of hydrogen-bond donors (Lipinski definition) is 2. The van der Waals surface area contributed by atoms with Crippen LogP contribution in [0.2, 0.25) is 0 Å². The molecule has 0 bridgehead atoms. The van der Waals surface area contributed by atoms with Gasteiger partial charge in [-0.1, -0.05) is 0 Å². The average molecular weight is 215 g/mol. The van der Waals surface area contributed by atoms with Crippen LogP contribution in [0.5, 0.6) is 0 Å². The van der Waals surface area contributed by atoms with E-state index in [2.05, 4.69) is 0 Å². The van der Waals surface area contributed by atoms with E-state index in [9.17, 15) is 9.59 Å². The molecule has 0 aliphatic rings. The molecule has 0 atom stereocenters. The van der Waals surface area contributed by atoms with E-state index in [1.165, 1.54) is 0 Å². The van der Waals surface area contributed by atoms with Gasteiger partial charge in [-0.05, 0) is 0 Å². The monoisotopic (exact) mass is 214 g/mol. The van der Waals surface area contributed by atoms with E-state index in [0.717, 1.165) is 0 Å². The van der Waals surface area contributed by atoms with Crippen LogP contribution >= 0.6 is 0 Å². The van der Waals surface area contributed by atoms with Crippen LogP contribution in [-0.4, -0.2) is 59.9 Å². The van der Waals surface area contributed by atoms with Crippen LogP contribution in [0.3, 0.4) is 0 Å². The molecule has 7 heteroatoms. The normalized spacial score (nSPS) is 5.60. The molecule has 0 fully saturated rings. The van der Waals surface area contributed by atoms with Crippen LogP contribution in [0.1, 0.15) is 6.42 Å².